The van der Waals surface area contributed by atoms with Crippen LogP contribution in [0, 0.1) is 6.92 Å². The molecular formula is C18H24N4O2S. The topological polar surface area (TPSA) is 57.6 Å². The molecule has 25 heavy (non-hydrogen) atoms. The van der Waals surface area contributed by atoms with Crippen molar-refractivity contribution in [3.63, 3.8) is 0 Å². The number of aromatic nitrogens is 1. The zero-order valence-corrected chi connectivity index (χ0v) is 15.5. The number of hydrogen-bond donors (Lipinski definition) is 1. The van der Waals surface area contributed by atoms with Crippen LogP contribution in [-0.2, 0) is 11.3 Å². The first kappa shape index (κ1) is 17.7. The fourth-order valence-electron chi connectivity index (χ4n) is 2.93. The van der Waals surface area contributed by atoms with Crippen molar-refractivity contribution in [2.75, 3.05) is 43.4 Å². The van der Waals surface area contributed by atoms with Gasteiger partial charge in [0.15, 0.2) is 0 Å². The maximum absolute atomic E-state index is 12.1. The zero-order valence-electron chi connectivity index (χ0n) is 14.7. The summed E-state index contributed by atoms with van der Waals surface area (Å²) in [6, 6.07) is 7.98. The molecule has 3 rings (SSSR count). The van der Waals surface area contributed by atoms with E-state index in [-0.39, 0.29) is 17.2 Å². The predicted octanol–water partition coefficient (Wildman–Crippen LogP) is 2.00. The van der Waals surface area contributed by atoms with Crippen LogP contribution in [0.25, 0.3) is 0 Å². The minimum absolute atomic E-state index is 0.0122. The molecule has 1 saturated heterocycles. The van der Waals surface area contributed by atoms with Gasteiger partial charge in [-0.1, -0.05) is 11.3 Å². The molecule has 1 amide bonds. The minimum atomic E-state index is -0.0788. The molecule has 6 nitrogen and oxygen atoms in total. The van der Waals surface area contributed by atoms with Gasteiger partial charge in [0, 0.05) is 61.6 Å². The van der Waals surface area contributed by atoms with E-state index < -0.39 is 0 Å². The molecule has 1 fully saturated rings. The summed E-state index contributed by atoms with van der Waals surface area (Å²) >= 11 is 1.17. The van der Waals surface area contributed by atoms with Gasteiger partial charge in [-0.15, -0.1) is 0 Å². The van der Waals surface area contributed by atoms with E-state index in [1.54, 1.807) is 4.57 Å². The number of anilines is 2. The van der Waals surface area contributed by atoms with E-state index in [0.29, 0.717) is 6.54 Å². The number of carbonyl (C=O) groups excluding carboxylic acids is 1. The monoisotopic (exact) mass is 360 g/mol. The van der Waals surface area contributed by atoms with E-state index in [4.69, 9.17) is 0 Å². The SMILES string of the molecule is Cc1csc(=O)n1CCC(=O)Nc1ccc(N2CCN(C)CC2)cc1. The molecule has 0 unspecified atom stereocenters. The van der Waals surface area contributed by atoms with Crippen LogP contribution in [0.2, 0.25) is 0 Å². The van der Waals surface area contributed by atoms with Crippen LogP contribution in [0.1, 0.15) is 12.1 Å². The van der Waals surface area contributed by atoms with Crippen LogP contribution in [-0.4, -0.2) is 48.6 Å². The molecule has 0 bridgehead atoms. The molecule has 0 aliphatic carbocycles. The average molecular weight is 360 g/mol. The first-order chi connectivity index (χ1) is 12.0. The smallest absolute Gasteiger partial charge is 0.307 e. The lowest BCUT2D eigenvalue weighted by Gasteiger charge is -2.34. The van der Waals surface area contributed by atoms with Crippen molar-refractivity contribution in [1.29, 1.82) is 0 Å². The van der Waals surface area contributed by atoms with Crippen LogP contribution in [0.5, 0.6) is 0 Å². The fraction of sp³-hybridized carbons (Fsp3) is 0.444. The van der Waals surface area contributed by atoms with E-state index >= 15 is 0 Å². The van der Waals surface area contributed by atoms with Gasteiger partial charge in [-0.3, -0.25) is 9.59 Å². The highest BCUT2D eigenvalue weighted by Gasteiger charge is 2.14. The second-order valence-corrected chi connectivity index (χ2v) is 7.25. The third kappa shape index (κ3) is 4.49. The van der Waals surface area contributed by atoms with Gasteiger partial charge in [-0.05, 0) is 38.2 Å². The summed E-state index contributed by atoms with van der Waals surface area (Å²) in [4.78, 5) is 28.4. The maximum Gasteiger partial charge on any atom is 0.307 e. The summed E-state index contributed by atoms with van der Waals surface area (Å²) in [7, 11) is 2.14. The summed E-state index contributed by atoms with van der Waals surface area (Å²) in [5.74, 6) is -0.0788. The number of nitrogens with zero attached hydrogens (tertiary/aromatic N) is 3. The summed E-state index contributed by atoms with van der Waals surface area (Å²) in [5.41, 5.74) is 2.88. The minimum Gasteiger partial charge on any atom is -0.369 e. The van der Waals surface area contributed by atoms with Crippen molar-refractivity contribution >= 4 is 28.6 Å². The van der Waals surface area contributed by atoms with Gasteiger partial charge in [-0.2, -0.15) is 0 Å². The van der Waals surface area contributed by atoms with Crippen molar-refractivity contribution in [3.8, 4) is 0 Å². The Balaban J connectivity index is 1.52. The van der Waals surface area contributed by atoms with Crippen molar-refractivity contribution in [3.05, 3.63) is 45.0 Å². The van der Waals surface area contributed by atoms with Crippen molar-refractivity contribution < 1.29 is 4.79 Å². The molecule has 0 spiro atoms. The van der Waals surface area contributed by atoms with Gasteiger partial charge < -0.3 is 19.7 Å². The maximum atomic E-state index is 12.1. The van der Waals surface area contributed by atoms with E-state index in [9.17, 15) is 9.59 Å². The first-order valence-corrected chi connectivity index (χ1v) is 9.39. The lowest BCUT2D eigenvalue weighted by atomic mass is 10.2. The molecule has 0 radical (unpaired) electrons. The second kappa shape index (κ2) is 7.84. The molecule has 2 heterocycles. The molecule has 134 valence electrons. The van der Waals surface area contributed by atoms with E-state index in [1.165, 1.54) is 17.0 Å². The third-order valence-electron chi connectivity index (χ3n) is 4.56. The molecule has 1 N–H and O–H groups in total. The number of rotatable bonds is 5. The van der Waals surface area contributed by atoms with Gasteiger partial charge in [0.2, 0.25) is 5.91 Å². The molecule has 0 saturated carbocycles. The van der Waals surface area contributed by atoms with Crippen LogP contribution in [0.3, 0.4) is 0 Å². The van der Waals surface area contributed by atoms with E-state index in [2.05, 4.69) is 34.3 Å². The normalized spacial score (nSPS) is 15.4. The second-order valence-electron chi connectivity index (χ2n) is 6.43. The van der Waals surface area contributed by atoms with Crippen LogP contribution >= 0.6 is 11.3 Å². The van der Waals surface area contributed by atoms with Gasteiger partial charge in [0.25, 0.3) is 0 Å². The van der Waals surface area contributed by atoms with Gasteiger partial charge in [0.05, 0.1) is 0 Å². The molecule has 2 aromatic rings. The number of amides is 1. The largest absolute Gasteiger partial charge is 0.369 e. The van der Waals surface area contributed by atoms with Crippen LogP contribution in [0.4, 0.5) is 11.4 Å². The van der Waals surface area contributed by atoms with Crippen molar-refractivity contribution in [2.24, 2.45) is 0 Å². The Morgan fingerprint density at radius 2 is 1.84 bits per heavy atom. The molecule has 7 heteroatoms. The number of thiazole rings is 1. The Morgan fingerprint density at radius 3 is 2.44 bits per heavy atom. The van der Waals surface area contributed by atoms with Crippen molar-refractivity contribution in [2.45, 2.75) is 19.9 Å². The van der Waals surface area contributed by atoms with Gasteiger partial charge in [0.1, 0.15) is 0 Å². The van der Waals surface area contributed by atoms with Crippen LogP contribution in [0.15, 0.2) is 34.4 Å². The molecule has 1 aliphatic rings. The number of aryl methyl sites for hydroxylation is 1. The lowest BCUT2D eigenvalue weighted by Crippen LogP contribution is -2.44. The zero-order chi connectivity index (χ0) is 17.8. The third-order valence-corrected chi connectivity index (χ3v) is 5.44. The summed E-state index contributed by atoms with van der Waals surface area (Å²) in [6.45, 7) is 6.49. The standard InChI is InChI=1S/C18H24N4O2S/c1-14-13-25-18(24)22(14)8-7-17(23)19-15-3-5-16(6-4-15)21-11-9-20(2)10-12-21/h3-6,13H,7-12H2,1-2H3,(H,19,23). The quantitative estimate of drug-likeness (QED) is 0.886. The van der Waals surface area contributed by atoms with Crippen LogP contribution < -0.4 is 15.1 Å². The predicted molar refractivity (Wildman–Crippen MR) is 103 cm³/mol. The number of carbonyl (C=O) groups is 1. The number of nitrogens with one attached hydrogen (secondary N) is 1. The van der Waals surface area contributed by atoms with Gasteiger partial charge >= 0.3 is 4.87 Å². The Hall–Kier alpha value is -2.12. The van der Waals surface area contributed by atoms with Crippen molar-refractivity contribution in [1.82, 2.24) is 9.47 Å². The highest BCUT2D eigenvalue weighted by molar-refractivity contribution is 7.07. The fourth-order valence-corrected chi connectivity index (χ4v) is 3.69. The van der Waals surface area contributed by atoms with E-state index in [0.717, 1.165) is 37.6 Å². The molecule has 1 aromatic carbocycles. The van der Waals surface area contributed by atoms with E-state index in [1.807, 2.05) is 24.4 Å². The summed E-state index contributed by atoms with van der Waals surface area (Å²) in [5, 5.41) is 4.72. The Kier molecular flexibility index (Phi) is 5.55. The molecule has 1 aliphatic heterocycles. The summed E-state index contributed by atoms with van der Waals surface area (Å²) < 4.78 is 1.64. The Labute approximate surface area is 151 Å². The highest BCUT2D eigenvalue weighted by Crippen LogP contribution is 2.19. The number of piperazine rings is 1. The molecular weight excluding hydrogens is 336 g/mol. The molecule has 0 atom stereocenters. The highest BCUT2D eigenvalue weighted by atomic mass is 32.1. The van der Waals surface area contributed by atoms with Gasteiger partial charge in [-0.25, -0.2) is 0 Å². The number of hydrogen-bond acceptors (Lipinski definition) is 5. The number of benzene rings is 1. The Morgan fingerprint density at radius 1 is 1.16 bits per heavy atom. The Bertz CT molecular complexity index is 773. The number of likely N-dealkylation sites (N-methyl/N-ethyl adjacent to an activating group) is 1. The average Bonchev–Trinajstić information content (AvgIpc) is 2.93. The first-order valence-electron chi connectivity index (χ1n) is 8.51. The molecule has 1 aromatic heterocycles. The summed E-state index contributed by atoms with van der Waals surface area (Å²) in [6.07, 6.45) is 0.289. The lowest BCUT2D eigenvalue weighted by molar-refractivity contribution is -0.116.